The van der Waals surface area contributed by atoms with Crippen molar-refractivity contribution in [2.45, 2.75) is 135 Å². The molecule has 0 N–H and O–H groups in total. The van der Waals surface area contributed by atoms with Gasteiger partial charge in [0, 0.05) is 16.4 Å². The first kappa shape index (κ1) is 47.3. The van der Waals surface area contributed by atoms with Gasteiger partial charge in [0.05, 0.1) is 27.9 Å². The Labute approximate surface area is 407 Å². The number of benzene rings is 6. The number of nitrogens with zero attached hydrogens (tertiary/aromatic N) is 2. The van der Waals surface area contributed by atoms with E-state index in [2.05, 4.69) is 85.7 Å². The van der Waals surface area contributed by atoms with E-state index in [9.17, 15) is 19.2 Å². The molecular weight excluding hydrogens is 857 g/mol. The molecule has 69 heavy (non-hydrogen) atoms. The number of ether oxygens (including phenoxy) is 2. The number of hydrogen-bond donors (Lipinski definition) is 0. The topological polar surface area (TPSA) is 93.2 Å². The van der Waals surface area contributed by atoms with E-state index >= 15 is 0 Å². The molecule has 2 heterocycles. The van der Waals surface area contributed by atoms with Crippen LogP contribution in [0.2, 0.25) is 0 Å². The first-order valence-electron chi connectivity index (χ1n) is 24.6. The Bertz CT molecular complexity index is 3030. The Balaban J connectivity index is 0.863. The lowest BCUT2D eigenvalue weighted by molar-refractivity contribution is 0.0434. The number of fused-ring (bicyclic) bond motifs is 3. The van der Waals surface area contributed by atoms with Crippen LogP contribution >= 0.6 is 0 Å². The standard InChI is InChI=1S/C61H64N2O6/c1-12-59(9,13-2)41-22-33-51-52(34-41)61(11,37-57(51,5)6)40-16-23-42(24-17-40)62-53(64)47-31-29-45(35-49(47)54(62)65)68-43-25-18-38(19-26-43)58(7,8)39-20-27-44(28-21-39)69-46-30-32-48-50(36-46)56(67)63(55(48)66)60(10,14-3)15-4/h16-36H,12-15,37H2,1-11H3. The largest absolute Gasteiger partial charge is 0.457 e. The molecule has 9 rings (SSSR count). The maximum atomic E-state index is 14.0. The van der Waals surface area contributed by atoms with Crippen LogP contribution in [-0.2, 0) is 21.7 Å². The Morgan fingerprint density at radius 3 is 1.43 bits per heavy atom. The molecule has 4 amide bonds. The first-order valence-corrected chi connectivity index (χ1v) is 24.6. The third kappa shape index (κ3) is 7.76. The molecule has 2 aliphatic heterocycles. The molecule has 1 unspecified atom stereocenters. The van der Waals surface area contributed by atoms with E-state index in [1.807, 2.05) is 81.4 Å². The van der Waals surface area contributed by atoms with Crippen molar-refractivity contribution in [2.24, 2.45) is 0 Å². The van der Waals surface area contributed by atoms with Crippen LogP contribution in [0, 0.1) is 0 Å². The molecule has 1 aliphatic carbocycles. The zero-order chi connectivity index (χ0) is 49.4. The van der Waals surface area contributed by atoms with Gasteiger partial charge in [-0.25, -0.2) is 4.90 Å². The van der Waals surface area contributed by atoms with Crippen molar-refractivity contribution in [2.75, 3.05) is 4.90 Å². The minimum atomic E-state index is -0.548. The van der Waals surface area contributed by atoms with E-state index in [-0.39, 0.29) is 45.3 Å². The van der Waals surface area contributed by atoms with Crippen LogP contribution in [0.5, 0.6) is 23.0 Å². The summed E-state index contributed by atoms with van der Waals surface area (Å²) < 4.78 is 12.5. The average Bonchev–Trinajstić information content (AvgIpc) is 3.85. The number of rotatable bonds is 14. The SMILES string of the molecule is CCC(C)(CC)c1ccc2c(c1)C(C)(c1ccc(N3C(=O)c4ccc(Oc5ccc(C(C)(C)c6ccc(Oc7ccc8c(c7)C(=O)N(C(C)(CC)CC)C8=O)cc6)cc5)cc4C3=O)cc1)CC2(C)C. The second kappa shape index (κ2) is 17.0. The van der Waals surface area contributed by atoms with Crippen LogP contribution < -0.4 is 14.4 Å². The molecule has 8 nitrogen and oxygen atoms in total. The van der Waals surface area contributed by atoms with Crippen LogP contribution in [0.1, 0.15) is 183 Å². The summed E-state index contributed by atoms with van der Waals surface area (Å²) in [7, 11) is 0. The van der Waals surface area contributed by atoms with Gasteiger partial charge in [0.1, 0.15) is 23.0 Å². The normalized spacial score (nSPS) is 17.6. The zero-order valence-electron chi connectivity index (χ0n) is 42.0. The number of anilines is 1. The van der Waals surface area contributed by atoms with Gasteiger partial charge in [-0.15, -0.1) is 0 Å². The lowest BCUT2D eigenvalue weighted by Crippen LogP contribution is -2.48. The summed E-state index contributed by atoms with van der Waals surface area (Å²) in [6, 6.07) is 41.0. The molecule has 0 saturated heterocycles. The number of carbonyl (C=O) groups is 4. The van der Waals surface area contributed by atoms with Crippen molar-refractivity contribution >= 4 is 29.3 Å². The van der Waals surface area contributed by atoms with Crippen molar-refractivity contribution in [1.82, 2.24) is 4.90 Å². The fourth-order valence-electron chi connectivity index (χ4n) is 11.1. The van der Waals surface area contributed by atoms with Crippen molar-refractivity contribution < 1.29 is 28.7 Å². The quantitative estimate of drug-likeness (QED) is 0.101. The summed E-state index contributed by atoms with van der Waals surface area (Å²) in [5.74, 6) is 0.891. The fourth-order valence-corrected chi connectivity index (χ4v) is 11.1. The number of hydrogen-bond acceptors (Lipinski definition) is 6. The summed E-state index contributed by atoms with van der Waals surface area (Å²) in [6.07, 6.45) is 4.45. The van der Waals surface area contributed by atoms with Crippen molar-refractivity contribution in [1.29, 1.82) is 0 Å². The monoisotopic (exact) mass is 920 g/mol. The summed E-state index contributed by atoms with van der Waals surface area (Å²) in [6.45, 7) is 24.1. The highest BCUT2D eigenvalue weighted by Gasteiger charge is 2.47. The molecule has 0 radical (unpaired) electrons. The van der Waals surface area contributed by atoms with Gasteiger partial charge in [0.2, 0.25) is 0 Å². The Kier molecular flexibility index (Phi) is 11.7. The van der Waals surface area contributed by atoms with Gasteiger partial charge in [-0.3, -0.25) is 24.1 Å². The molecule has 0 bridgehead atoms. The van der Waals surface area contributed by atoms with Crippen LogP contribution in [0.25, 0.3) is 0 Å². The third-order valence-electron chi connectivity index (χ3n) is 16.6. The minimum Gasteiger partial charge on any atom is -0.457 e. The van der Waals surface area contributed by atoms with Gasteiger partial charge in [-0.1, -0.05) is 124 Å². The van der Waals surface area contributed by atoms with Crippen LogP contribution in [-0.4, -0.2) is 34.1 Å². The van der Waals surface area contributed by atoms with Crippen molar-refractivity contribution in [3.63, 3.8) is 0 Å². The molecule has 6 aromatic carbocycles. The second-order valence-electron chi connectivity index (χ2n) is 21.4. The van der Waals surface area contributed by atoms with E-state index in [1.54, 1.807) is 36.4 Å². The second-order valence-corrected chi connectivity index (χ2v) is 21.4. The van der Waals surface area contributed by atoms with Gasteiger partial charge >= 0.3 is 0 Å². The van der Waals surface area contributed by atoms with Gasteiger partial charge in [0.25, 0.3) is 23.6 Å². The highest BCUT2D eigenvalue weighted by molar-refractivity contribution is 6.34. The summed E-state index contributed by atoms with van der Waals surface area (Å²) in [5.41, 5.74) is 8.35. The average molecular weight is 921 g/mol. The fraction of sp³-hybridized carbons (Fsp3) is 0.344. The van der Waals surface area contributed by atoms with E-state index < -0.39 is 5.54 Å². The maximum Gasteiger partial charge on any atom is 0.266 e. The molecule has 0 saturated carbocycles. The van der Waals surface area contributed by atoms with Gasteiger partial charge in [0.15, 0.2) is 0 Å². The zero-order valence-corrected chi connectivity index (χ0v) is 42.0. The molecule has 3 aliphatic rings. The molecule has 0 fully saturated rings. The van der Waals surface area contributed by atoms with Gasteiger partial charge in [-0.2, -0.15) is 0 Å². The van der Waals surface area contributed by atoms with E-state index in [1.165, 1.54) is 32.1 Å². The summed E-state index contributed by atoms with van der Waals surface area (Å²) >= 11 is 0. The van der Waals surface area contributed by atoms with E-state index in [0.717, 1.165) is 30.4 Å². The number of carbonyl (C=O) groups excluding carboxylic acids is 4. The molecule has 0 aromatic heterocycles. The molecule has 8 heteroatoms. The predicted octanol–water partition coefficient (Wildman–Crippen LogP) is 14.6. The molecule has 0 spiro atoms. The van der Waals surface area contributed by atoms with Crippen molar-refractivity contribution in [3.8, 4) is 23.0 Å². The number of amides is 4. The predicted molar refractivity (Wildman–Crippen MR) is 274 cm³/mol. The van der Waals surface area contributed by atoms with Crippen LogP contribution in [0.4, 0.5) is 5.69 Å². The van der Waals surface area contributed by atoms with Crippen LogP contribution in [0.3, 0.4) is 0 Å². The van der Waals surface area contributed by atoms with Crippen molar-refractivity contribution in [3.05, 3.63) is 183 Å². The lowest BCUT2D eigenvalue weighted by atomic mass is 9.73. The molecule has 354 valence electrons. The maximum absolute atomic E-state index is 14.0. The Morgan fingerprint density at radius 1 is 0.478 bits per heavy atom. The highest BCUT2D eigenvalue weighted by atomic mass is 16.5. The summed E-state index contributed by atoms with van der Waals surface area (Å²) in [5, 5.41) is 0. The molecule has 1 atom stereocenters. The lowest BCUT2D eigenvalue weighted by Gasteiger charge is -2.35. The Morgan fingerprint density at radius 2 is 0.928 bits per heavy atom. The molecule has 6 aromatic rings. The van der Waals surface area contributed by atoms with E-state index in [4.69, 9.17) is 9.47 Å². The third-order valence-corrected chi connectivity index (χ3v) is 16.6. The molecular formula is C61H64N2O6. The number of imide groups is 2. The highest BCUT2D eigenvalue weighted by Crippen LogP contribution is 2.54. The summed E-state index contributed by atoms with van der Waals surface area (Å²) in [4.78, 5) is 57.2. The van der Waals surface area contributed by atoms with Gasteiger partial charge in [-0.05, 0) is 156 Å². The van der Waals surface area contributed by atoms with E-state index in [0.29, 0.717) is 63.8 Å². The van der Waals surface area contributed by atoms with Crippen LogP contribution in [0.15, 0.2) is 127 Å². The minimum absolute atomic E-state index is 0.00117. The first-order chi connectivity index (χ1) is 32.7. The van der Waals surface area contributed by atoms with Gasteiger partial charge < -0.3 is 9.47 Å². The Hall–Kier alpha value is -6.80. The smallest absolute Gasteiger partial charge is 0.266 e.